The fourth-order valence-corrected chi connectivity index (χ4v) is 6.67. The second kappa shape index (κ2) is 10.2. The Morgan fingerprint density at radius 1 is 1.18 bits per heavy atom. The lowest BCUT2D eigenvalue weighted by Gasteiger charge is -2.58. The van der Waals surface area contributed by atoms with Gasteiger partial charge in [0.1, 0.15) is 24.4 Å². The molecular weight excluding hydrogens is 486 g/mol. The molecule has 9 nitrogen and oxygen atoms in total. The maximum atomic E-state index is 12.1. The van der Waals surface area contributed by atoms with Crippen molar-refractivity contribution in [3.05, 3.63) is 76.5 Å². The van der Waals surface area contributed by atoms with Gasteiger partial charge in [-0.2, -0.15) is 0 Å². The van der Waals surface area contributed by atoms with Crippen molar-refractivity contribution in [2.75, 3.05) is 34.4 Å². The fraction of sp³-hybridized carbons (Fsp3) is 0.414. The summed E-state index contributed by atoms with van der Waals surface area (Å²) in [6, 6.07) is 10.5. The third kappa shape index (κ3) is 4.35. The number of ether oxygens (including phenoxy) is 3. The van der Waals surface area contributed by atoms with Crippen LogP contribution in [0.2, 0.25) is 0 Å². The predicted octanol–water partition coefficient (Wildman–Crippen LogP) is 4.81. The van der Waals surface area contributed by atoms with Gasteiger partial charge in [-0.15, -0.1) is 6.58 Å². The number of hydrogen-bond donors (Lipinski definition) is 1. The Kier molecular flexibility index (Phi) is 6.98. The second-order valence-electron chi connectivity index (χ2n) is 10.4. The van der Waals surface area contributed by atoms with Crippen molar-refractivity contribution in [1.29, 1.82) is 0 Å². The van der Waals surface area contributed by atoms with Gasteiger partial charge in [-0.3, -0.25) is 15.1 Å². The van der Waals surface area contributed by atoms with E-state index >= 15 is 0 Å². The number of rotatable bonds is 9. The van der Waals surface area contributed by atoms with Gasteiger partial charge >= 0.3 is 0 Å². The third-order valence-corrected chi connectivity index (χ3v) is 8.61. The average Bonchev–Trinajstić information content (AvgIpc) is 2.95. The lowest BCUT2D eigenvalue weighted by atomic mass is 9.71. The van der Waals surface area contributed by atoms with E-state index in [2.05, 4.69) is 11.6 Å². The standard InChI is InChI=1S/C29H34N3O6/c1-5-18-16-32(17-20-13-27(37-3)28(38-4)15-25(20)31(34)35)11-9-19(18)12-26(32)29(33)22-8-10-30-24-7-6-21(36-2)14-23(22)24/h5-8,10,13-15,18-19,26,29,33H,1,9,11-12,16-17H2,2-4H3/q+1/t18?,19?,26?,29-,32?/m1/s1. The quantitative estimate of drug-likeness (QED) is 0.187. The molecule has 5 atom stereocenters. The van der Waals surface area contributed by atoms with Crippen molar-refractivity contribution >= 4 is 16.6 Å². The van der Waals surface area contributed by atoms with Crippen LogP contribution in [-0.4, -0.2) is 60.0 Å². The molecule has 6 rings (SSSR count). The van der Waals surface area contributed by atoms with E-state index in [1.165, 1.54) is 20.3 Å². The van der Waals surface area contributed by atoms with Gasteiger partial charge in [0.05, 0.1) is 56.5 Å². The molecule has 9 heteroatoms. The zero-order valence-electron chi connectivity index (χ0n) is 22.0. The minimum absolute atomic E-state index is 0.00895. The van der Waals surface area contributed by atoms with Gasteiger partial charge in [0.25, 0.3) is 5.69 Å². The van der Waals surface area contributed by atoms with E-state index in [1.807, 2.05) is 30.3 Å². The largest absolute Gasteiger partial charge is 0.497 e. The van der Waals surface area contributed by atoms with Gasteiger partial charge in [0.2, 0.25) is 0 Å². The molecule has 3 fully saturated rings. The first-order valence-corrected chi connectivity index (χ1v) is 12.8. The summed E-state index contributed by atoms with van der Waals surface area (Å²) in [6.45, 7) is 6.05. The number of aliphatic hydroxyl groups excluding tert-OH is 1. The van der Waals surface area contributed by atoms with Crippen LogP contribution in [0.1, 0.15) is 30.1 Å². The summed E-state index contributed by atoms with van der Waals surface area (Å²) in [7, 11) is 4.61. The maximum absolute atomic E-state index is 12.1. The highest BCUT2D eigenvalue weighted by Gasteiger charge is 2.54. The molecule has 4 unspecified atom stereocenters. The molecule has 0 saturated carbocycles. The van der Waals surface area contributed by atoms with Gasteiger partial charge in [-0.25, -0.2) is 0 Å². The topological polar surface area (TPSA) is 104 Å². The number of methoxy groups -OCH3 is 3. The smallest absolute Gasteiger partial charge is 0.282 e. The van der Waals surface area contributed by atoms with Crippen LogP contribution in [0.25, 0.3) is 10.9 Å². The number of nitrogens with zero attached hydrogens (tertiary/aromatic N) is 3. The van der Waals surface area contributed by atoms with Crippen LogP contribution in [0.15, 0.2) is 55.3 Å². The number of nitro groups is 1. The molecular formula is C29H34N3O6+. The summed E-state index contributed by atoms with van der Waals surface area (Å²) in [5, 5.41) is 25.0. The molecule has 2 bridgehead atoms. The molecule has 200 valence electrons. The van der Waals surface area contributed by atoms with Crippen molar-refractivity contribution in [2.45, 2.75) is 31.5 Å². The molecule has 1 N–H and O–H groups in total. The minimum Gasteiger partial charge on any atom is -0.497 e. The van der Waals surface area contributed by atoms with Crippen molar-refractivity contribution in [3.8, 4) is 17.2 Å². The minimum atomic E-state index is -0.791. The van der Waals surface area contributed by atoms with E-state index < -0.39 is 6.10 Å². The SMILES string of the molecule is C=CC1C[N+]2(Cc3cc(OC)c(OC)cc3[N+](=O)[O-])CCC1CC2[C@H](O)c1ccnc2ccc(OC)cc12. The second-order valence-corrected chi connectivity index (χ2v) is 10.4. The van der Waals surface area contributed by atoms with Gasteiger partial charge < -0.3 is 23.8 Å². The molecule has 1 aromatic heterocycles. The van der Waals surface area contributed by atoms with E-state index in [0.29, 0.717) is 39.8 Å². The van der Waals surface area contributed by atoms with E-state index in [4.69, 9.17) is 14.2 Å². The van der Waals surface area contributed by atoms with Gasteiger partial charge in [0.15, 0.2) is 11.5 Å². The Morgan fingerprint density at radius 3 is 2.63 bits per heavy atom. The molecule has 0 amide bonds. The molecule has 0 aliphatic carbocycles. The maximum Gasteiger partial charge on any atom is 0.282 e. The first-order chi connectivity index (χ1) is 18.3. The molecule has 0 spiro atoms. The van der Waals surface area contributed by atoms with Crippen LogP contribution in [0.5, 0.6) is 17.2 Å². The van der Waals surface area contributed by atoms with Crippen molar-refractivity contribution in [1.82, 2.24) is 4.98 Å². The van der Waals surface area contributed by atoms with E-state index in [0.717, 1.165) is 42.4 Å². The van der Waals surface area contributed by atoms with Crippen molar-refractivity contribution < 1.29 is 28.7 Å². The molecule has 2 aromatic carbocycles. The van der Waals surface area contributed by atoms with Gasteiger partial charge in [-0.1, -0.05) is 6.08 Å². The number of benzene rings is 2. The lowest BCUT2D eigenvalue weighted by Crippen LogP contribution is -2.67. The van der Waals surface area contributed by atoms with Crippen molar-refractivity contribution in [2.24, 2.45) is 11.8 Å². The number of piperidine rings is 3. The Hall–Kier alpha value is -3.69. The summed E-state index contributed by atoms with van der Waals surface area (Å²) < 4.78 is 16.8. The van der Waals surface area contributed by atoms with E-state index in [-0.39, 0.29) is 22.6 Å². The fourth-order valence-electron chi connectivity index (χ4n) is 6.67. The summed E-state index contributed by atoms with van der Waals surface area (Å²) in [5.74, 6) is 2.15. The summed E-state index contributed by atoms with van der Waals surface area (Å²) >= 11 is 0. The van der Waals surface area contributed by atoms with Crippen LogP contribution in [0, 0.1) is 22.0 Å². The van der Waals surface area contributed by atoms with Crippen LogP contribution in [0.4, 0.5) is 5.69 Å². The zero-order valence-corrected chi connectivity index (χ0v) is 22.0. The highest BCUT2D eigenvalue weighted by atomic mass is 16.6. The van der Waals surface area contributed by atoms with Crippen molar-refractivity contribution in [3.63, 3.8) is 0 Å². The monoisotopic (exact) mass is 520 g/mol. The zero-order chi connectivity index (χ0) is 27.0. The van der Waals surface area contributed by atoms with E-state index in [9.17, 15) is 15.2 Å². The number of quaternary nitrogens is 1. The molecule has 4 heterocycles. The highest BCUT2D eigenvalue weighted by Crippen LogP contribution is 2.49. The Labute approximate surface area is 222 Å². The Morgan fingerprint density at radius 2 is 1.95 bits per heavy atom. The lowest BCUT2D eigenvalue weighted by molar-refractivity contribution is -0.985. The number of pyridine rings is 1. The summed E-state index contributed by atoms with van der Waals surface area (Å²) in [6.07, 6.45) is 4.72. The van der Waals surface area contributed by atoms with E-state index in [1.54, 1.807) is 19.4 Å². The van der Waals surface area contributed by atoms with Gasteiger partial charge in [-0.05, 0) is 41.8 Å². The highest BCUT2D eigenvalue weighted by molar-refractivity contribution is 5.83. The van der Waals surface area contributed by atoms with Crippen LogP contribution < -0.4 is 14.2 Å². The molecule has 3 aliphatic rings. The average molecular weight is 521 g/mol. The first-order valence-electron chi connectivity index (χ1n) is 12.8. The molecule has 3 saturated heterocycles. The summed E-state index contributed by atoms with van der Waals surface area (Å²) in [4.78, 5) is 16.2. The number of fused-ring (bicyclic) bond motifs is 4. The normalized spacial score (nSPS) is 25.1. The number of nitro benzene ring substituents is 1. The molecule has 0 radical (unpaired) electrons. The molecule has 3 aromatic rings. The molecule has 3 aliphatic heterocycles. The number of aliphatic hydroxyl groups is 1. The Bertz CT molecular complexity index is 1380. The van der Waals surface area contributed by atoms with Crippen LogP contribution in [0.3, 0.4) is 0 Å². The number of hydrogen-bond acceptors (Lipinski definition) is 7. The summed E-state index contributed by atoms with van der Waals surface area (Å²) in [5.41, 5.74) is 2.13. The third-order valence-electron chi connectivity index (χ3n) is 8.61. The first kappa shape index (κ1) is 25.9. The number of aromatic nitrogens is 1. The Balaban J connectivity index is 1.61. The van der Waals surface area contributed by atoms with Gasteiger partial charge in [0, 0.05) is 30.3 Å². The molecule has 38 heavy (non-hydrogen) atoms. The predicted molar refractivity (Wildman–Crippen MR) is 143 cm³/mol. The van der Waals surface area contributed by atoms with Crippen LogP contribution >= 0.6 is 0 Å². The van der Waals surface area contributed by atoms with Crippen LogP contribution in [-0.2, 0) is 6.54 Å².